The summed E-state index contributed by atoms with van der Waals surface area (Å²) in [5.41, 5.74) is 6.68. The maximum Gasteiger partial charge on any atom is 0.222 e. The van der Waals surface area contributed by atoms with Gasteiger partial charge in [-0.15, -0.1) is 0 Å². The summed E-state index contributed by atoms with van der Waals surface area (Å²) in [6.45, 7) is 8.87. The first-order valence-corrected chi connectivity index (χ1v) is 7.59. The second-order valence-electron chi connectivity index (χ2n) is 6.82. The van der Waals surface area contributed by atoms with Gasteiger partial charge in [0.1, 0.15) is 5.82 Å². The van der Waals surface area contributed by atoms with Crippen molar-refractivity contribution in [2.45, 2.75) is 45.7 Å². The van der Waals surface area contributed by atoms with E-state index in [-0.39, 0.29) is 17.4 Å². The van der Waals surface area contributed by atoms with E-state index in [9.17, 15) is 4.79 Å². The van der Waals surface area contributed by atoms with E-state index in [1.807, 2.05) is 12.3 Å². The van der Waals surface area contributed by atoms with E-state index < -0.39 is 0 Å². The molecule has 0 radical (unpaired) electrons. The van der Waals surface area contributed by atoms with Crippen molar-refractivity contribution >= 4 is 11.7 Å². The van der Waals surface area contributed by atoms with E-state index in [0.29, 0.717) is 6.54 Å². The minimum absolute atomic E-state index is 0.0530. The minimum atomic E-state index is -0.203. The molecule has 0 aliphatic carbocycles. The molecule has 1 aliphatic heterocycles. The molecule has 116 valence electrons. The molecule has 5 nitrogen and oxygen atoms in total. The SMILES string of the molecule is CC(C)(C)NCc1ccc(N2CCCC(C(N)=O)C2)nc1. The summed E-state index contributed by atoms with van der Waals surface area (Å²) in [7, 11) is 0. The lowest BCUT2D eigenvalue weighted by Gasteiger charge is -2.32. The van der Waals surface area contributed by atoms with Crippen LogP contribution in [0.2, 0.25) is 0 Å². The molecule has 5 heteroatoms. The number of pyridine rings is 1. The number of hydrogen-bond donors (Lipinski definition) is 2. The quantitative estimate of drug-likeness (QED) is 0.885. The van der Waals surface area contributed by atoms with Gasteiger partial charge in [0.05, 0.1) is 5.92 Å². The summed E-state index contributed by atoms with van der Waals surface area (Å²) in [5.74, 6) is 0.675. The van der Waals surface area contributed by atoms with Crippen LogP contribution in [0.5, 0.6) is 0 Å². The Hall–Kier alpha value is -1.62. The monoisotopic (exact) mass is 290 g/mol. The number of primary amides is 1. The largest absolute Gasteiger partial charge is 0.369 e. The van der Waals surface area contributed by atoms with E-state index in [4.69, 9.17) is 5.73 Å². The third kappa shape index (κ3) is 4.70. The Bertz CT molecular complexity index is 478. The summed E-state index contributed by atoms with van der Waals surface area (Å²) >= 11 is 0. The Labute approximate surface area is 126 Å². The standard InChI is InChI=1S/C16H26N4O/c1-16(2,3)19-10-12-6-7-14(18-9-12)20-8-4-5-13(11-20)15(17)21/h6-7,9,13,19H,4-5,8,10-11H2,1-3H3,(H2,17,21). The molecule has 1 saturated heterocycles. The Morgan fingerprint density at radius 2 is 2.24 bits per heavy atom. The predicted octanol–water partition coefficient (Wildman–Crippen LogP) is 1.67. The molecule has 1 unspecified atom stereocenters. The molecule has 1 amide bonds. The summed E-state index contributed by atoms with van der Waals surface area (Å²) in [6, 6.07) is 4.12. The first-order valence-electron chi connectivity index (χ1n) is 7.59. The van der Waals surface area contributed by atoms with Crippen molar-refractivity contribution in [2.24, 2.45) is 11.7 Å². The van der Waals surface area contributed by atoms with Crippen LogP contribution in [0.25, 0.3) is 0 Å². The van der Waals surface area contributed by atoms with Crippen molar-refractivity contribution in [3.8, 4) is 0 Å². The normalized spacial score (nSPS) is 19.6. The van der Waals surface area contributed by atoms with Gasteiger partial charge in [0.2, 0.25) is 5.91 Å². The summed E-state index contributed by atoms with van der Waals surface area (Å²) in [5, 5.41) is 3.44. The van der Waals surface area contributed by atoms with E-state index in [1.54, 1.807) is 0 Å². The zero-order valence-corrected chi connectivity index (χ0v) is 13.2. The Kier molecular flexibility index (Phi) is 4.83. The van der Waals surface area contributed by atoms with Gasteiger partial charge in [-0.3, -0.25) is 4.79 Å². The average Bonchev–Trinajstić information content (AvgIpc) is 2.45. The third-order valence-corrected chi connectivity index (χ3v) is 3.78. The topological polar surface area (TPSA) is 71.2 Å². The average molecular weight is 290 g/mol. The maximum atomic E-state index is 11.3. The molecule has 1 aromatic rings. The number of hydrogen-bond acceptors (Lipinski definition) is 4. The lowest BCUT2D eigenvalue weighted by Crippen LogP contribution is -2.41. The Morgan fingerprint density at radius 1 is 1.48 bits per heavy atom. The van der Waals surface area contributed by atoms with Crippen LogP contribution < -0.4 is 16.0 Å². The number of piperidine rings is 1. The number of rotatable bonds is 4. The molecular weight excluding hydrogens is 264 g/mol. The van der Waals surface area contributed by atoms with Gasteiger partial charge in [-0.25, -0.2) is 4.98 Å². The molecule has 0 saturated carbocycles. The molecule has 0 spiro atoms. The molecule has 0 aromatic carbocycles. The van der Waals surface area contributed by atoms with Crippen molar-refractivity contribution < 1.29 is 4.79 Å². The summed E-state index contributed by atoms with van der Waals surface area (Å²) in [6.07, 6.45) is 3.78. The maximum absolute atomic E-state index is 11.3. The smallest absolute Gasteiger partial charge is 0.222 e. The van der Waals surface area contributed by atoms with E-state index in [1.165, 1.54) is 0 Å². The highest BCUT2D eigenvalue weighted by molar-refractivity contribution is 5.77. The van der Waals surface area contributed by atoms with Crippen molar-refractivity contribution in [2.75, 3.05) is 18.0 Å². The van der Waals surface area contributed by atoms with E-state index in [0.717, 1.165) is 37.3 Å². The highest BCUT2D eigenvalue weighted by Gasteiger charge is 2.24. The summed E-state index contributed by atoms with van der Waals surface area (Å²) < 4.78 is 0. The molecule has 2 rings (SSSR count). The molecule has 2 heterocycles. The van der Waals surface area contributed by atoms with Gasteiger partial charge in [-0.05, 0) is 45.2 Å². The number of anilines is 1. The highest BCUT2D eigenvalue weighted by atomic mass is 16.1. The number of carbonyl (C=O) groups is 1. The van der Waals surface area contributed by atoms with Crippen molar-refractivity contribution in [1.29, 1.82) is 0 Å². The van der Waals surface area contributed by atoms with Crippen LogP contribution in [0.15, 0.2) is 18.3 Å². The van der Waals surface area contributed by atoms with Crippen LogP contribution in [0.3, 0.4) is 0 Å². The first kappa shape index (κ1) is 15.8. The van der Waals surface area contributed by atoms with Gasteiger partial charge >= 0.3 is 0 Å². The first-order chi connectivity index (χ1) is 9.85. The van der Waals surface area contributed by atoms with Crippen molar-refractivity contribution in [3.05, 3.63) is 23.9 Å². The molecule has 3 N–H and O–H groups in total. The van der Waals surface area contributed by atoms with Gasteiger partial charge in [-0.2, -0.15) is 0 Å². The molecule has 1 aliphatic rings. The number of nitrogens with two attached hydrogens (primary N) is 1. The van der Waals surface area contributed by atoms with Crippen LogP contribution in [-0.4, -0.2) is 29.5 Å². The molecule has 21 heavy (non-hydrogen) atoms. The van der Waals surface area contributed by atoms with Crippen molar-refractivity contribution in [1.82, 2.24) is 10.3 Å². The van der Waals surface area contributed by atoms with Gasteiger partial charge < -0.3 is 16.0 Å². The van der Waals surface area contributed by atoms with E-state index in [2.05, 4.69) is 42.0 Å². The lowest BCUT2D eigenvalue weighted by atomic mass is 9.97. The number of nitrogens with zero attached hydrogens (tertiary/aromatic N) is 2. The molecule has 1 aromatic heterocycles. The van der Waals surface area contributed by atoms with Crippen LogP contribution in [0.4, 0.5) is 5.82 Å². The van der Waals surface area contributed by atoms with Gasteiger partial charge in [0, 0.05) is 31.4 Å². The van der Waals surface area contributed by atoms with Crippen LogP contribution in [0, 0.1) is 5.92 Å². The number of aromatic nitrogens is 1. The Morgan fingerprint density at radius 3 is 2.81 bits per heavy atom. The van der Waals surface area contributed by atoms with Crippen LogP contribution in [0.1, 0.15) is 39.2 Å². The fraction of sp³-hybridized carbons (Fsp3) is 0.625. The van der Waals surface area contributed by atoms with Crippen LogP contribution >= 0.6 is 0 Å². The van der Waals surface area contributed by atoms with E-state index >= 15 is 0 Å². The fourth-order valence-electron chi connectivity index (χ4n) is 2.49. The number of carbonyl (C=O) groups excluding carboxylic acids is 1. The number of nitrogens with one attached hydrogen (secondary N) is 1. The second kappa shape index (κ2) is 6.43. The minimum Gasteiger partial charge on any atom is -0.369 e. The molecule has 1 fully saturated rings. The summed E-state index contributed by atoms with van der Waals surface area (Å²) in [4.78, 5) is 18.0. The zero-order chi connectivity index (χ0) is 15.5. The molecule has 1 atom stereocenters. The molecular formula is C16H26N4O. The lowest BCUT2D eigenvalue weighted by molar-refractivity contribution is -0.122. The second-order valence-corrected chi connectivity index (χ2v) is 6.82. The fourth-order valence-corrected chi connectivity index (χ4v) is 2.49. The Balaban J connectivity index is 1.97. The highest BCUT2D eigenvalue weighted by Crippen LogP contribution is 2.21. The third-order valence-electron chi connectivity index (χ3n) is 3.78. The zero-order valence-electron chi connectivity index (χ0n) is 13.2. The van der Waals surface area contributed by atoms with Gasteiger partial charge in [0.25, 0.3) is 0 Å². The molecule has 0 bridgehead atoms. The number of amides is 1. The van der Waals surface area contributed by atoms with Crippen LogP contribution in [-0.2, 0) is 11.3 Å². The van der Waals surface area contributed by atoms with Crippen molar-refractivity contribution in [3.63, 3.8) is 0 Å². The van der Waals surface area contributed by atoms with Gasteiger partial charge in [0.15, 0.2) is 0 Å². The van der Waals surface area contributed by atoms with Gasteiger partial charge in [-0.1, -0.05) is 6.07 Å². The predicted molar refractivity (Wildman–Crippen MR) is 85.0 cm³/mol.